The minimum atomic E-state index is -0.561. The molecule has 0 saturated carbocycles. The van der Waals surface area contributed by atoms with Crippen molar-refractivity contribution in [3.63, 3.8) is 0 Å². The molecule has 0 bridgehead atoms. The first kappa shape index (κ1) is 21.5. The van der Waals surface area contributed by atoms with Gasteiger partial charge in [-0.1, -0.05) is 19.1 Å². The van der Waals surface area contributed by atoms with Crippen LogP contribution in [0.3, 0.4) is 0 Å². The first-order valence-corrected chi connectivity index (χ1v) is 9.57. The Kier molecular flexibility index (Phi) is 8.04. The van der Waals surface area contributed by atoms with E-state index in [1.165, 1.54) is 17.0 Å². The first-order valence-electron chi connectivity index (χ1n) is 9.57. The van der Waals surface area contributed by atoms with E-state index in [1.54, 1.807) is 24.5 Å². The number of halogens is 1. The maximum Gasteiger partial charge on any atom is 0.261 e. The fourth-order valence-corrected chi connectivity index (χ4v) is 2.75. The van der Waals surface area contributed by atoms with Crippen LogP contribution in [0.15, 0.2) is 35.5 Å². The molecule has 149 valence electrons. The molecule has 1 radical (unpaired) electrons. The number of carbonyl (C=O) groups is 1. The van der Waals surface area contributed by atoms with Crippen LogP contribution in [0.25, 0.3) is 0 Å². The summed E-state index contributed by atoms with van der Waals surface area (Å²) >= 11 is 0. The van der Waals surface area contributed by atoms with Crippen molar-refractivity contribution in [1.29, 1.82) is 0 Å². The van der Waals surface area contributed by atoms with Gasteiger partial charge < -0.3 is 9.80 Å². The molecular weight excluding hydrogens is 357 g/mol. The lowest BCUT2D eigenvalue weighted by Crippen LogP contribution is -2.32. The molecule has 2 aromatic rings. The topological polar surface area (TPSA) is 61.7 Å². The van der Waals surface area contributed by atoms with E-state index in [0.717, 1.165) is 13.1 Å². The van der Waals surface area contributed by atoms with E-state index in [2.05, 4.69) is 21.9 Å². The molecule has 1 heterocycles. The molecule has 0 atom stereocenters. The summed E-state index contributed by atoms with van der Waals surface area (Å²) in [4.78, 5) is 29.8. The van der Waals surface area contributed by atoms with E-state index in [0.29, 0.717) is 36.8 Å². The van der Waals surface area contributed by atoms with Crippen LogP contribution >= 0.6 is 0 Å². The van der Waals surface area contributed by atoms with Crippen molar-refractivity contribution >= 4 is 29.6 Å². The summed E-state index contributed by atoms with van der Waals surface area (Å²) < 4.78 is 14.1. The molecular formula is C21H27FN5O. The third kappa shape index (κ3) is 4.91. The predicted octanol–water partition coefficient (Wildman–Crippen LogP) is 4.45. The molecule has 2 rings (SSSR count). The van der Waals surface area contributed by atoms with Crippen LogP contribution in [-0.2, 0) is 0 Å². The van der Waals surface area contributed by atoms with Crippen LogP contribution in [-0.4, -0.2) is 41.7 Å². The summed E-state index contributed by atoms with van der Waals surface area (Å²) in [5, 5.41) is 0. The first-order chi connectivity index (χ1) is 13.6. The molecule has 0 saturated heterocycles. The number of hydrogen-bond acceptors (Lipinski definition) is 5. The lowest BCUT2D eigenvalue weighted by atomic mass is 10.1. The van der Waals surface area contributed by atoms with Gasteiger partial charge >= 0.3 is 0 Å². The average molecular weight is 384 g/mol. The number of aromatic nitrogens is 2. The van der Waals surface area contributed by atoms with Crippen LogP contribution in [0.1, 0.15) is 44.0 Å². The third-order valence-electron chi connectivity index (χ3n) is 4.29. The average Bonchev–Trinajstić information content (AvgIpc) is 2.71. The highest BCUT2D eigenvalue weighted by molar-refractivity contribution is 6.07. The minimum absolute atomic E-state index is 0.00450. The Balaban J connectivity index is 2.50. The standard InChI is InChI=1S/C21H27FN5O/c1-5-9-14-23-19-18(15-24-21(25-19)26(6-2)7-3)27(8-4)20(28)16-12-10-11-13-17(16)22/h10-15H,1,5-9H2,2-4H3. The van der Waals surface area contributed by atoms with Crippen molar-refractivity contribution in [3.8, 4) is 0 Å². The zero-order chi connectivity index (χ0) is 20.5. The summed E-state index contributed by atoms with van der Waals surface area (Å²) in [6, 6.07) is 5.93. The van der Waals surface area contributed by atoms with Gasteiger partial charge in [-0.25, -0.2) is 14.4 Å². The molecule has 0 unspecified atom stereocenters. The molecule has 1 aromatic heterocycles. The maximum atomic E-state index is 14.1. The second-order valence-corrected chi connectivity index (χ2v) is 6.03. The largest absolute Gasteiger partial charge is 0.341 e. The van der Waals surface area contributed by atoms with Gasteiger partial charge in [0.2, 0.25) is 5.95 Å². The van der Waals surface area contributed by atoms with Crippen LogP contribution in [0, 0.1) is 12.7 Å². The van der Waals surface area contributed by atoms with Gasteiger partial charge in [0.05, 0.1) is 11.8 Å². The lowest BCUT2D eigenvalue weighted by Gasteiger charge is -2.24. The molecule has 0 fully saturated rings. The molecule has 7 heteroatoms. The summed E-state index contributed by atoms with van der Waals surface area (Å²) in [7, 11) is 0. The molecule has 0 spiro atoms. The summed E-state index contributed by atoms with van der Waals surface area (Å²) in [5.74, 6) is -0.0797. The lowest BCUT2D eigenvalue weighted by molar-refractivity contribution is 0.0984. The Morgan fingerprint density at radius 2 is 1.93 bits per heavy atom. The molecule has 0 N–H and O–H groups in total. The zero-order valence-electron chi connectivity index (χ0n) is 16.7. The third-order valence-corrected chi connectivity index (χ3v) is 4.29. The number of benzene rings is 1. The predicted molar refractivity (Wildman–Crippen MR) is 112 cm³/mol. The number of rotatable bonds is 9. The number of carbonyl (C=O) groups excluding carboxylic acids is 1. The monoisotopic (exact) mass is 384 g/mol. The second-order valence-electron chi connectivity index (χ2n) is 6.03. The van der Waals surface area contributed by atoms with E-state index in [-0.39, 0.29) is 5.56 Å². The van der Waals surface area contributed by atoms with Gasteiger partial charge in [0.15, 0.2) is 5.82 Å². The normalized spacial score (nSPS) is 11.0. The smallest absolute Gasteiger partial charge is 0.261 e. The van der Waals surface area contributed by atoms with E-state index in [9.17, 15) is 9.18 Å². The van der Waals surface area contributed by atoms with Crippen LogP contribution in [0.2, 0.25) is 0 Å². The fraction of sp³-hybridized carbons (Fsp3) is 0.381. The van der Waals surface area contributed by atoms with E-state index in [1.807, 2.05) is 25.7 Å². The minimum Gasteiger partial charge on any atom is -0.341 e. The number of unbranched alkanes of at least 4 members (excludes halogenated alkanes) is 1. The number of nitrogens with zero attached hydrogens (tertiary/aromatic N) is 5. The highest BCUT2D eigenvalue weighted by Gasteiger charge is 2.23. The Morgan fingerprint density at radius 3 is 2.54 bits per heavy atom. The molecule has 0 aliphatic carbocycles. The Labute approximate surface area is 166 Å². The van der Waals surface area contributed by atoms with Crippen LogP contribution < -0.4 is 9.80 Å². The number of anilines is 2. The van der Waals surface area contributed by atoms with Crippen molar-refractivity contribution in [3.05, 3.63) is 48.8 Å². The van der Waals surface area contributed by atoms with Gasteiger partial charge in [-0.2, -0.15) is 4.98 Å². The van der Waals surface area contributed by atoms with E-state index < -0.39 is 11.7 Å². The van der Waals surface area contributed by atoms with Crippen molar-refractivity contribution in [2.75, 3.05) is 29.4 Å². The molecule has 0 aliphatic heterocycles. The highest BCUT2D eigenvalue weighted by atomic mass is 19.1. The second kappa shape index (κ2) is 10.5. The van der Waals surface area contributed by atoms with Gasteiger partial charge in [0.25, 0.3) is 5.91 Å². The van der Waals surface area contributed by atoms with Crippen molar-refractivity contribution in [2.24, 2.45) is 4.99 Å². The van der Waals surface area contributed by atoms with Crippen molar-refractivity contribution in [2.45, 2.75) is 33.6 Å². The highest BCUT2D eigenvalue weighted by Crippen LogP contribution is 2.29. The fourth-order valence-electron chi connectivity index (χ4n) is 2.75. The van der Waals surface area contributed by atoms with E-state index in [4.69, 9.17) is 0 Å². The number of hydrogen-bond donors (Lipinski definition) is 0. The summed E-state index contributed by atoms with van der Waals surface area (Å²) in [6.45, 7) is 11.5. The van der Waals surface area contributed by atoms with Gasteiger partial charge in [0, 0.05) is 25.8 Å². The van der Waals surface area contributed by atoms with Gasteiger partial charge in [-0.3, -0.25) is 4.79 Å². The van der Waals surface area contributed by atoms with Gasteiger partial charge in [-0.15, -0.1) is 0 Å². The molecule has 1 aromatic carbocycles. The maximum absolute atomic E-state index is 14.1. The summed E-state index contributed by atoms with van der Waals surface area (Å²) in [5.41, 5.74) is 0.455. The van der Waals surface area contributed by atoms with Gasteiger partial charge in [0.1, 0.15) is 11.5 Å². The SMILES string of the molecule is [CH2]CCC=Nc1nc(N(CC)CC)ncc1N(CC)C(=O)c1ccccc1F. The molecule has 1 amide bonds. The molecule has 6 nitrogen and oxygen atoms in total. The quantitative estimate of drug-likeness (QED) is 0.600. The Morgan fingerprint density at radius 1 is 1.21 bits per heavy atom. The number of aliphatic imine (C=N–C) groups is 1. The van der Waals surface area contributed by atoms with Crippen molar-refractivity contribution < 1.29 is 9.18 Å². The van der Waals surface area contributed by atoms with Crippen LogP contribution in [0.5, 0.6) is 0 Å². The molecule has 28 heavy (non-hydrogen) atoms. The van der Waals surface area contributed by atoms with Crippen LogP contribution in [0.4, 0.5) is 21.8 Å². The number of amides is 1. The van der Waals surface area contributed by atoms with Gasteiger partial charge in [-0.05, 0) is 45.7 Å². The van der Waals surface area contributed by atoms with Crippen molar-refractivity contribution in [1.82, 2.24) is 9.97 Å². The molecule has 0 aliphatic rings. The Hall–Kier alpha value is -2.83. The Bertz CT molecular complexity index is 820. The zero-order valence-corrected chi connectivity index (χ0v) is 16.7. The van der Waals surface area contributed by atoms with E-state index >= 15 is 0 Å². The summed E-state index contributed by atoms with van der Waals surface area (Å²) in [6.07, 6.45) is 4.71.